The van der Waals surface area contributed by atoms with E-state index in [9.17, 15) is 18.4 Å². The molecule has 0 aliphatic carbocycles. The van der Waals surface area contributed by atoms with Crippen LogP contribution >= 0.6 is 11.8 Å². The Bertz CT molecular complexity index is 760. The maximum Gasteiger partial charge on any atom is 0.230 e. The first kappa shape index (κ1) is 20.9. The number of rotatable bonds is 8. The number of thioether (sulfide) groups is 1. The predicted octanol–water partition coefficient (Wildman–Crippen LogP) is 3.25. The summed E-state index contributed by atoms with van der Waals surface area (Å²) in [6, 6.07) is 9.37. The Hall–Kier alpha value is -2.41. The first-order valence-electron chi connectivity index (χ1n) is 8.46. The van der Waals surface area contributed by atoms with Crippen LogP contribution in [0.15, 0.2) is 36.4 Å². The normalized spacial score (nSPS) is 10.5. The highest BCUT2D eigenvalue weighted by Gasteiger charge is 2.07. The van der Waals surface area contributed by atoms with Gasteiger partial charge in [-0.15, -0.1) is 11.8 Å². The van der Waals surface area contributed by atoms with Crippen molar-refractivity contribution in [1.29, 1.82) is 0 Å². The Balaban J connectivity index is 1.64. The van der Waals surface area contributed by atoms with Crippen LogP contribution in [-0.2, 0) is 22.7 Å². The quantitative estimate of drug-likeness (QED) is 0.725. The van der Waals surface area contributed by atoms with Crippen LogP contribution in [0.1, 0.15) is 22.3 Å². The van der Waals surface area contributed by atoms with Gasteiger partial charge >= 0.3 is 0 Å². The van der Waals surface area contributed by atoms with Crippen LogP contribution in [0, 0.1) is 25.5 Å². The Morgan fingerprint density at radius 2 is 1.22 bits per heavy atom. The monoisotopic (exact) mass is 392 g/mol. The number of hydrogen-bond donors (Lipinski definition) is 2. The summed E-state index contributed by atoms with van der Waals surface area (Å²) in [4.78, 5) is 23.7. The van der Waals surface area contributed by atoms with Crippen LogP contribution in [0.2, 0.25) is 0 Å². The van der Waals surface area contributed by atoms with E-state index >= 15 is 0 Å². The molecule has 0 atom stereocenters. The molecule has 2 aromatic rings. The zero-order chi connectivity index (χ0) is 19.8. The molecule has 2 rings (SSSR count). The minimum atomic E-state index is -0.276. The third kappa shape index (κ3) is 7.02. The van der Waals surface area contributed by atoms with E-state index in [1.165, 1.54) is 23.9 Å². The molecule has 0 fully saturated rings. The summed E-state index contributed by atoms with van der Waals surface area (Å²) < 4.78 is 26.4. The molecule has 7 heteroatoms. The van der Waals surface area contributed by atoms with Gasteiger partial charge < -0.3 is 10.6 Å². The second kappa shape index (κ2) is 10.1. The smallest absolute Gasteiger partial charge is 0.230 e. The number of aryl methyl sites for hydroxylation is 2. The van der Waals surface area contributed by atoms with Crippen molar-refractivity contribution in [3.8, 4) is 0 Å². The van der Waals surface area contributed by atoms with E-state index in [2.05, 4.69) is 10.6 Å². The van der Waals surface area contributed by atoms with E-state index in [1.807, 2.05) is 0 Å². The van der Waals surface area contributed by atoms with Gasteiger partial charge in [0.05, 0.1) is 11.5 Å². The lowest BCUT2D eigenvalue weighted by Gasteiger charge is -2.08. The molecule has 0 aromatic heterocycles. The molecule has 0 aliphatic heterocycles. The number of carbonyl (C=O) groups is 2. The molecule has 27 heavy (non-hydrogen) atoms. The molecule has 0 saturated heterocycles. The van der Waals surface area contributed by atoms with Gasteiger partial charge in [0.1, 0.15) is 11.6 Å². The van der Waals surface area contributed by atoms with E-state index in [0.29, 0.717) is 24.2 Å². The SMILES string of the molecule is Cc1cc(CNC(=O)CSCC(=O)NCc2ccc(F)c(C)c2)ccc1F. The summed E-state index contributed by atoms with van der Waals surface area (Å²) in [5, 5.41) is 5.48. The summed E-state index contributed by atoms with van der Waals surface area (Å²) in [6.07, 6.45) is 0. The highest BCUT2D eigenvalue weighted by atomic mass is 32.2. The minimum absolute atomic E-state index is 0.156. The second-order valence-electron chi connectivity index (χ2n) is 6.21. The standard InChI is InChI=1S/C20H22F2N2O2S/c1-13-7-15(3-5-17(13)21)9-23-19(25)11-27-12-20(26)24-10-16-4-6-18(22)14(2)8-16/h3-8H,9-12H2,1-2H3,(H,23,25)(H,24,26). The van der Waals surface area contributed by atoms with Gasteiger partial charge in [0.15, 0.2) is 0 Å². The molecule has 2 amide bonds. The number of nitrogens with one attached hydrogen (secondary N) is 2. The molecule has 0 heterocycles. The summed E-state index contributed by atoms with van der Waals surface area (Å²) >= 11 is 1.21. The van der Waals surface area contributed by atoms with E-state index in [0.717, 1.165) is 11.1 Å². The molecular formula is C20H22F2N2O2S. The molecule has 4 nitrogen and oxygen atoms in total. The van der Waals surface area contributed by atoms with Crippen LogP contribution in [0.3, 0.4) is 0 Å². The molecule has 2 aromatic carbocycles. The van der Waals surface area contributed by atoms with Gasteiger partial charge in [-0.1, -0.05) is 24.3 Å². The maximum atomic E-state index is 13.2. The van der Waals surface area contributed by atoms with E-state index in [1.54, 1.807) is 38.1 Å². The average Bonchev–Trinajstić information content (AvgIpc) is 2.63. The van der Waals surface area contributed by atoms with Crippen LogP contribution in [0.25, 0.3) is 0 Å². The van der Waals surface area contributed by atoms with Gasteiger partial charge in [0.25, 0.3) is 0 Å². The van der Waals surface area contributed by atoms with Crippen molar-refractivity contribution in [2.75, 3.05) is 11.5 Å². The van der Waals surface area contributed by atoms with Gasteiger partial charge in [-0.2, -0.15) is 0 Å². The third-order valence-corrected chi connectivity index (χ3v) is 4.82. The van der Waals surface area contributed by atoms with Gasteiger partial charge in [0.2, 0.25) is 11.8 Å². The zero-order valence-corrected chi connectivity index (χ0v) is 16.1. The molecule has 0 bridgehead atoms. The van der Waals surface area contributed by atoms with Crippen LogP contribution in [0.5, 0.6) is 0 Å². The Labute approximate surface area is 161 Å². The summed E-state index contributed by atoms with van der Waals surface area (Å²) in [5.41, 5.74) is 2.70. The lowest BCUT2D eigenvalue weighted by molar-refractivity contribution is -0.119. The molecule has 144 valence electrons. The number of benzene rings is 2. The van der Waals surface area contributed by atoms with Crippen molar-refractivity contribution in [2.24, 2.45) is 0 Å². The fraction of sp³-hybridized carbons (Fsp3) is 0.300. The fourth-order valence-electron chi connectivity index (χ4n) is 2.37. The second-order valence-corrected chi connectivity index (χ2v) is 7.20. The van der Waals surface area contributed by atoms with Gasteiger partial charge in [0, 0.05) is 13.1 Å². The maximum absolute atomic E-state index is 13.2. The number of halogens is 2. The minimum Gasteiger partial charge on any atom is -0.351 e. The van der Waals surface area contributed by atoms with Crippen molar-refractivity contribution in [3.05, 3.63) is 70.3 Å². The first-order valence-corrected chi connectivity index (χ1v) is 9.62. The Kier molecular flexibility index (Phi) is 7.79. The van der Waals surface area contributed by atoms with Gasteiger partial charge in [-0.05, 0) is 48.2 Å². The predicted molar refractivity (Wildman–Crippen MR) is 103 cm³/mol. The van der Waals surface area contributed by atoms with Crippen molar-refractivity contribution >= 4 is 23.6 Å². The van der Waals surface area contributed by atoms with Crippen molar-refractivity contribution in [3.63, 3.8) is 0 Å². The number of amides is 2. The molecular weight excluding hydrogens is 370 g/mol. The lowest BCUT2D eigenvalue weighted by Crippen LogP contribution is -2.27. The summed E-state index contributed by atoms with van der Waals surface area (Å²) in [7, 11) is 0. The van der Waals surface area contributed by atoms with Crippen LogP contribution in [-0.4, -0.2) is 23.3 Å². The van der Waals surface area contributed by atoms with Crippen molar-refractivity contribution < 1.29 is 18.4 Å². The molecule has 0 saturated carbocycles. The summed E-state index contributed by atoms with van der Waals surface area (Å²) in [5.74, 6) is -0.621. The highest BCUT2D eigenvalue weighted by Crippen LogP contribution is 2.10. The fourth-order valence-corrected chi connectivity index (χ4v) is 3.05. The third-order valence-electron chi connectivity index (χ3n) is 3.89. The Morgan fingerprint density at radius 3 is 1.59 bits per heavy atom. The molecule has 0 spiro atoms. The Morgan fingerprint density at radius 1 is 0.815 bits per heavy atom. The highest BCUT2D eigenvalue weighted by molar-refractivity contribution is 8.00. The average molecular weight is 392 g/mol. The topological polar surface area (TPSA) is 58.2 Å². The largest absolute Gasteiger partial charge is 0.351 e. The van der Waals surface area contributed by atoms with Crippen LogP contribution < -0.4 is 10.6 Å². The number of carbonyl (C=O) groups excluding carboxylic acids is 2. The van der Waals surface area contributed by atoms with Crippen molar-refractivity contribution in [1.82, 2.24) is 10.6 Å². The van der Waals surface area contributed by atoms with Crippen LogP contribution in [0.4, 0.5) is 8.78 Å². The van der Waals surface area contributed by atoms with Gasteiger partial charge in [-0.25, -0.2) is 8.78 Å². The molecule has 2 N–H and O–H groups in total. The van der Waals surface area contributed by atoms with Crippen molar-refractivity contribution in [2.45, 2.75) is 26.9 Å². The van der Waals surface area contributed by atoms with E-state index < -0.39 is 0 Å². The van der Waals surface area contributed by atoms with E-state index in [-0.39, 0.29) is 35.0 Å². The zero-order valence-electron chi connectivity index (χ0n) is 15.3. The number of hydrogen-bond acceptors (Lipinski definition) is 3. The molecule has 0 aliphatic rings. The first-order chi connectivity index (χ1) is 12.8. The molecule has 0 radical (unpaired) electrons. The summed E-state index contributed by atoms with van der Waals surface area (Å²) in [6.45, 7) is 3.97. The van der Waals surface area contributed by atoms with Gasteiger partial charge in [-0.3, -0.25) is 9.59 Å². The molecule has 0 unspecified atom stereocenters. The van der Waals surface area contributed by atoms with E-state index in [4.69, 9.17) is 0 Å². The lowest BCUT2D eigenvalue weighted by atomic mass is 10.1.